The first-order valence-electron chi connectivity index (χ1n) is 8.43. The minimum absolute atomic E-state index is 0.204. The number of carbonyl (C=O) groups excluding carboxylic acids is 2. The molecule has 0 aromatic heterocycles. The number of fused-ring (bicyclic) bond motifs is 1. The van der Waals surface area contributed by atoms with Crippen LogP contribution in [0.15, 0.2) is 65.8 Å². The molecule has 0 bridgehead atoms. The van der Waals surface area contributed by atoms with Crippen molar-refractivity contribution in [1.29, 1.82) is 0 Å². The molecule has 1 amide bonds. The quantitative estimate of drug-likeness (QED) is 0.491. The Morgan fingerprint density at radius 2 is 1.89 bits per heavy atom. The van der Waals surface area contributed by atoms with E-state index in [2.05, 4.69) is 10.5 Å². The third-order valence-electron chi connectivity index (χ3n) is 3.94. The molecule has 3 aromatic carbocycles. The van der Waals surface area contributed by atoms with Crippen molar-refractivity contribution in [1.82, 2.24) is 5.43 Å². The number of nitrogens with one attached hydrogen (secondary N) is 1. The van der Waals surface area contributed by atoms with Crippen molar-refractivity contribution >= 4 is 40.5 Å². The molecule has 142 valence electrons. The number of halogens is 1. The molecule has 3 rings (SSSR count). The number of hydrogen-bond donors (Lipinski definition) is 1. The second-order valence-corrected chi connectivity index (χ2v) is 6.37. The predicted molar refractivity (Wildman–Crippen MR) is 105 cm³/mol. The van der Waals surface area contributed by atoms with E-state index in [-0.39, 0.29) is 23.1 Å². The lowest BCUT2D eigenvalue weighted by molar-refractivity contribution is -0.307. The number of aliphatic carboxylic acids is 1. The zero-order chi connectivity index (χ0) is 19.9. The Morgan fingerprint density at radius 3 is 2.68 bits per heavy atom. The zero-order valence-electron chi connectivity index (χ0n) is 14.7. The fourth-order valence-corrected chi connectivity index (χ4v) is 2.93. The van der Waals surface area contributed by atoms with Crippen molar-refractivity contribution < 1.29 is 19.4 Å². The number of ether oxygens (including phenoxy) is 1. The molecule has 0 unspecified atom stereocenters. The molecule has 28 heavy (non-hydrogen) atoms. The third kappa shape index (κ3) is 5.08. The highest BCUT2D eigenvalue weighted by molar-refractivity contribution is 6.32. The summed E-state index contributed by atoms with van der Waals surface area (Å²) in [5.41, 5.74) is 4.03. The number of rotatable bonds is 7. The average molecular weight is 396 g/mol. The van der Waals surface area contributed by atoms with E-state index in [0.29, 0.717) is 5.56 Å². The van der Waals surface area contributed by atoms with E-state index in [1.54, 1.807) is 12.1 Å². The first-order valence-corrected chi connectivity index (χ1v) is 8.81. The van der Waals surface area contributed by atoms with Gasteiger partial charge in [-0.1, -0.05) is 54.1 Å². The van der Waals surface area contributed by atoms with Gasteiger partial charge in [0.15, 0.2) is 0 Å². The molecule has 1 N–H and O–H groups in total. The molecular weight excluding hydrogens is 380 g/mol. The van der Waals surface area contributed by atoms with Gasteiger partial charge in [0.1, 0.15) is 12.4 Å². The highest BCUT2D eigenvalue weighted by Crippen LogP contribution is 2.24. The van der Waals surface area contributed by atoms with Crippen LogP contribution in [-0.2, 0) is 16.0 Å². The Morgan fingerprint density at radius 1 is 1.11 bits per heavy atom. The van der Waals surface area contributed by atoms with Crippen LogP contribution < -0.4 is 15.3 Å². The smallest absolute Gasteiger partial charge is 0.244 e. The Balaban J connectivity index is 1.60. The van der Waals surface area contributed by atoms with Crippen molar-refractivity contribution in [2.45, 2.75) is 6.42 Å². The van der Waals surface area contributed by atoms with Crippen molar-refractivity contribution in [3.8, 4) is 5.75 Å². The maximum absolute atomic E-state index is 12.2. The Labute approximate surface area is 166 Å². The van der Waals surface area contributed by atoms with Crippen LogP contribution in [0.2, 0.25) is 5.02 Å². The van der Waals surface area contributed by atoms with Gasteiger partial charge >= 0.3 is 0 Å². The summed E-state index contributed by atoms with van der Waals surface area (Å²) in [5.74, 6) is -1.36. The normalized spacial score (nSPS) is 10.9. The summed E-state index contributed by atoms with van der Waals surface area (Å²) in [4.78, 5) is 22.6. The van der Waals surface area contributed by atoms with Crippen LogP contribution in [0, 0.1) is 0 Å². The molecule has 0 saturated heterocycles. The lowest BCUT2D eigenvalue weighted by Gasteiger charge is -2.08. The van der Waals surface area contributed by atoms with Crippen LogP contribution in [-0.4, -0.2) is 24.7 Å². The fraction of sp³-hybridized carbons (Fsp3) is 0.0952. The highest BCUT2D eigenvalue weighted by atomic mass is 35.5. The van der Waals surface area contributed by atoms with Crippen molar-refractivity contribution in [2.24, 2.45) is 5.10 Å². The van der Waals surface area contributed by atoms with Crippen LogP contribution in [0.25, 0.3) is 10.8 Å². The summed E-state index contributed by atoms with van der Waals surface area (Å²) in [6, 6.07) is 18.4. The molecule has 0 aliphatic rings. The van der Waals surface area contributed by atoms with E-state index in [1.807, 2.05) is 42.5 Å². The summed E-state index contributed by atoms with van der Waals surface area (Å²) in [5, 5.41) is 16.7. The number of carboxylic acids is 1. The van der Waals surface area contributed by atoms with E-state index in [9.17, 15) is 14.7 Å². The molecule has 0 aliphatic heterocycles. The number of amides is 1. The maximum atomic E-state index is 12.2. The number of hydrazone groups is 1. The van der Waals surface area contributed by atoms with Crippen LogP contribution in [0.5, 0.6) is 5.75 Å². The van der Waals surface area contributed by atoms with Crippen molar-refractivity contribution in [3.63, 3.8) is 0 Å². The largest absolute Gasteiger partial charge is 0.546 e. The summed E-state index contributed by atoms with van der Waals surface area (Å²) >= 11 is 6.03. The van der Waals surface area contributed by atoms with E-state index >= 15 is 0 Å². The summed E-state index contributed by atoms with van der Waals surface area (Å²) < 4.78 is 4.99. The SMILES string of the molecule is O=C([O-])COc1ccc(/C=N\NC(=O)Cc2cccc3ccccc23)cc1Cl. The monoisotopic (exact) mass is 395 g/mol. The van der Waals surface area contributed by atoms with Gasteiger partial charge < -0.3 is 14.6 Å². The van der Waals surface area contributed by atoms with Crippen LogP contribution >= 0.6 is 11.6 Å². The van der Waals surface area contributed by atoms with Gasteiger partial charge in [-0.3, -0.25) is 4.79 Å². The van der Waals surface area contributed by atoms with Crippen molar-refractivity contribution in [3.05, 3.63) is 76.8 Å². The molecule has 0 atom stereocenters. The Bertz CT molecular complexity index is 1040. The molecule has 6 nitrogen and oxygen atoms in total. The van der Waals surface area contributed by atoms with Gasteiger partial charge in [0, 0.05) is 0 Å². The van der Waals surface area contributed by atoms with Gasteiger partial charge in [-0.15, -0.1) is 0 Å². The number of hydrogen-bond acceptors (Lipinski definition) is 5. The standard InChI is InChI=1S/C21H17ClN2O4/c22-18-10-14(8-9-19(18)28-13-21(26)27)12-23-24-20(25)11-16-6-3-5-15-4-1-2-7-17(15)16/h1-10,12H,11,13H2,(H,24,25)(H,26,27)/p-1/b23-12-. The van der Waals surface area contributed by atoms with E-state index in [1.165, 1.54) is 12.3 Å². The molecule has 0 radical (unpaired) electrons. The number of nitrogens with zero attached hydrogens (tertiary/aromatic N) is 1. The molecular formula is C21H16ClN2O4-. The molecule has 3 aromatic rings. The third-order valence-corrected chi connectivity index (χ3v) is 4.23. The first kappa shape index (κ1) is 19.4. The number of benzene rings is 3. The number of carboxylic acid groups (broad SMARTS) is 1. The van der Waals surface area contributed by atoms with Crippen LogP contribution in [0.4, 0.5) is 0 Å². The van der Waals surface area contributed by atoms with Gasteiger partial charge in [-0.25, -0.2) is 5.43 Å². The second-order valence-electron chi connectivity index (χ2n) is 5.96. The minimum atomic E-state index is -1.34. The molecule has 0 saturated carbocycles. The second kappa shape index (κ2) is 9.01. The summed E-state index contributed by atoms with van der Waals surface area (Å²) in [7, 11) is 0. The van der Waals surface area contributed by atoms with Gasteiger partial charge in [0.2, 0.25) is 5.91 Å². The predicted octanol–water partition coefficient (Wildman–Crippen LogP) is 2.31. The number of carbonyl (C=O) groups is 2. The van der Waals surface area contributed by atoms with E-state index < -0.39 is 12.6 Å². The zero-order valence-corrected chi connectivity index (χ0v) is 15.5. The lowest BCUT2D eigenvalue weighted by atomic mass is 10.0. The average Bonchev–Trinajstić information content (AvgIpc) is 2.67. The minimum Gasteiger partial charge on any atom is -0.546 e. The summed E-state index contributed by atoms with van der Waals surface area (Å²) in [6.07, 6.45) is 1.64. The topological polar surface area (TPSA) is 90.8 Å². The van der Waals surface area contributed by atoms with E-state index in [0.717, 1.165) is 16.3 Å². The Kier molecular flexibility index (Phi) is 6.24. The van der Waals surface area contributed by atoms with Gasteiger partial charge in [0.05, 0.1) is 23.6 Å². The molecule has 7 heteroatoms. The molecule has 0 fully saturated rings. The van der Waals surface area contributed by atoms with Crippen LogP contribution in [0.3, 0.4) is 0 Å². The lowest BCUT2D eigenvalue weighted by Crippen LogP contribution is -2.29. The van der Waals surface area contributed by atoms with Gasteiger partial charge in [0.25, 0.3) is 0 Å². The Hall–Kier alpha value is -3.38. The first-order chi connectivity index (χ1) is 13.5. The van der Waals surface area contributed by atoms with Gasteiger partial charge in [-0.05, 0) is 40.1 Å². The van der Waals surface area contributed by atoms with E-state index in [4.69, 9.17) is 16.3 Å². The highest BCUT2D eigenvalue weighted by Gasteiger charge is 2.06. The van der Waals surface area contributed by atoms with Crippen LogP contribution in [0.1, 0.15) is 11.1 Å². The van der Waals surface area contributed by atoms with Gasteiger partial charge in [-0.2, -0.15) is 5.10 Å². The summed E-state index contributed by atoms with van der Waals surface area (Å²) in [6.45, 7) is -0.586. The van der Waals surface area contributed by atoms with Crippen molar-refractivity contribution in [2.75, 3.05) is 6.61 Å². The maximum Gasteiger partial charge on any atom is 0.244 e. The molecule has 0 spiro atoms. The fourth-order valence-electron chi connectivity index (χ4n) is 2.69. The molecule has 0 aliphatic carbocycles. The molecule has 0 heterocycles.